The van der Waals surface area contributed by atoms with Gasteiger partial charge in [0.2, 0.25) is 17.7 Å². The van der Waals surface area contributed by atoms with E-state index >= 15 is 0 Å². The summed E-state index contributed by atoms with van der Waals surface area (Å²) in [6.45, 7) is -4.35. The van der Waals surface area contributed by atoms with Crippen molar-refractivity contribution in [2.24, 2.45) is 0 Å². The third-order valence-electron chi connectivity index (χ3n) is 14.8. The number of carbonyl (C=O) groups excluding carboxylic acids is 3. The minimum atomic E-state index is -4.16. The molecule has 0 radical (unpaired) electrons. The molecule has 3 atom stereocenters. The molecule has 3 amide bonds. The van der Waals surface area contributed by atoms with Crippen LogP contribution in [0.2, 0.25) is 0 Å². The fraction of sp³-hybridized carbons (Fsp3) is 0.333. The quantitative estimate of drug-likeness (QED) is 0.0868. The van der Waals surface area contributed by atoms with Crippen molar-refractivity contribution in [3.05, 3.63) is 179 Å². The minimum Gasteiger partial charge on any atom is -0.395 e. The van der Waals surface area contributed by atoms with E-state index in [0.29, 0.717) is 46.0 Å². The van der Waals surface area contributed by atoms with E-state index in [0.717, 1.165) is 69.4 Å². The Hall–Kier alpha value is -9.78. The molecule has 0 saturated heterocycles. The van der Waals surface area contributed by atoms with E-state index in [1.807, 2.05) is 0 Å². The summed E-state index contributed by atoms with van der Waals surface area (Å²) in [5, 5.41) is 51.8. The molecule has 96 heavy (non-hydrogen) atoms. The number of amides is 3. The number of rotatable bonds is 21. The van der Waals surface area contributed by atoms with Gasteiger partial charge >= 0.3 is 0 Å². The summed E-state index contributed by atoms with van der Waals surface area (Å²) in [5.41, 5.74) is 1.70. The second-order valence-electron chi connectivity index (χ2n) is 21.2. The average Bonchev–Trinajstić information content (AvgIpc) is 1.63. The number of nitrogens with zero attached hydrogens (tertiary/aromatic N) is 18. The summed E-state index contributed by atoms with van der Waals surface area (Å²) in [4.78, 5) is 53.0. The molecule has 30 nitrogen and oxygen atoms in total. The molecule has 12 rings (SSSR count). The highest BCUT2D eigenvalue weighted by Gasteiger charge is 2.39. The zero-order valence-corrected chi connectivity index (χ0v) is 51.5. The number of aromatic nitrogens is 15. The van der Waals surface area contributed by atoms with Crippen LogP contribution in [0.4, 0.5) is 39.5 Å². The van der Waals surface area contributed by atoms with Gasteiger partial charge in [0, 0.05) is 92.1 Å². The maximum absolute atomic E-state index is 14.0. The Morgan fingerprint density at radius 1 is 0.417 bits per heavy atom. The van der Waals surface area contributed by atoms with Crippen LogP contribution in [0.1, 0.15) is 68.6 Å². The number of pyridine rings is 3. The summed E-state index contributed by atoms with van der Waals surface area (Å²) in [5.74, 6) is -7.53. The smallest absolute Gasteiger partial charge is 0.286 e. The molecule has 3 aliphatic heterocycles. The molecule has 0 saturated carbocycles. The van der Waals surface area contributed by atoms with Gasteiger partial charge in [0.25, 0.3) is 49.3 Å². The van der Waals surface area contributed by atoms with Crippen molar-refractivity contribution in [2.45, 2.75) is 111 Å². The molecular weight excluding hydrogens is 1360 g/mol. The van der Waals surface area contributed by atoms with Crippen LogP contribution in [0.5, 0.6) is 0 Å². The third kappa shape index (κ3) is 14.5. The Bertz CT molecular complexity index is 4170. The van der Waals surface area contributed by atoms with Crippen molar-refractivity contribution in [1.82, 2.24) is 86.6 Å². The van der Waals surface area contributed by atoms with Gasteiger partial charge in [-0.1, -0.05) is 0 Å². The first-order chi connectivity index (χ1) is 45.6. The lowest BCUT2D eigenvalue weighted by Crippen LogP contribution is -2.34. The second kappa shape index (κ2) is 28.3. The van der Waals surface area contributed by atoms with Gasteiger partial charge in [-0.25, -0.2) is 39.5 Å². The summed E-state index contributed by atoms with van der Waals surface area (Å²) in [6, 6.07) is 7.50. The number of hydrogen-bond donors (Lipinski definition) is 3. The van der Waals surface area contributed by atoms with E-state index in [9.17, 15) is 94.5 Å². The van der Waals surface area contributed by atoms with E-state index < -0.39 is 142 Å². The van der Waals surface area contributed by atoms with Gasteiger partial charge in [0.15, 0.2) is 0 Å². The number of aliphatic hydroxyl groups is 3. The lowest BCUT2D eigenvalue weighted by Gasteiger charge is -2.21. The third-order valence-corrected chi connectivity index (χ3v) is 19.3. The first kappa shape index (κ1) is 69.1. The Balaban J connectivity index is 0.000000157. The molecule has 3 N–H and O–H groups in total. The molecule has 0 aromatic carbocycles. The highest BCUT2D eigenvalue weighted by Crippen LogP contribution is 2.32. The Morgan fingerprint density at radius 3 is 0.896 bits per heavy atom. The summed E-state index contributed by atoms with van der Waals surface area (Å²) < 4.78 is 198. The van der Waals surface area contributed by atoms with Crippen molar-refractivity contribution in [2.75, 3.05) is 19.8 Å². The van der Waals surface area contributed by atoms with Crippen molar-refractivity contribution in [3.8, 4) is 0 Å². The van der Waals surface area contributed by atoms with E-state index in [4.69, 9.17) is 0 Å². The van der Waals surface area contributed by atoms with E-state index in [-0.39, 0.29) is 71.0 Å². The first-order valence-electron chi connectivity index (χ1n) is 28.0. The highest BCUT2D eigenvalue weighted by molar-refractivity contribution is 7.90. The predicted molar refractivity (Wildman–Crippen MR) is 304 cm³/mol. The number of carbonyl (C=O) groups is 3. The van der Waals surface area contributed by atoms with Gasteiger partial charge in [-0.3, -0.25) is 43.4 Å². The van der Waals surface area contributed by atoms with Crippen LogP contribution in [0.15, 0.2) is 125 Å². The molecule has 9 aromatic heterocycles. The maximum atomic E-state index is 14.0. The van der Waals surface area contributed by atoms with E-state index in [1.54, 1.807) is 0 Å². The van der Waals surface area contributed by atoms with Crippen LogP contribution in [0.3, 0.4) is 0 Å². The largest absolute Gasteiger partial charge is 0.395 e. The SMILES string of the molecule is O=C(C(CO)c1ncccc1F)N1Cc2cn(S(=O)(=O)c3cnn(CC(F)F)c3)nc2C1.O=C([C@@H](CO)c1ncccc1F)N1Cc2cn(S(=O)(=O)c3cnn(CC(F)F)c3)nc2C1.O=C([C@H](CO)c1ncccc1F)N1Cc2cn(S(=O)(=O)c3cnn(CC(F)F)c3)nc2C1. The summed E-state index contributed by atoms with van der Waals surface area (Å²) >= 11 is 0. The van der Waals surface area contributed by atoms with Crippen LogP contribution < -0.4 is 0 Å². The monoisotopic (exact) mass is 1410 g/mol. The molecule has 0 bridgehead atoms. The Labute approximate surface area is 536 Å². The normalized spacial score (nSPS) is 14.7. The summed E-state index contributed by atoms with van der Waals surface area (Å²) in [6.07, 6.45) is 5.33. The number of aliphatic hydroxyl groups excluding tert-OH is 3. The second-order valence-corrected chi connectivity index (χ2v) is 26.6. The van der Waals surface area contributed by atoms with Gasteiger partial charge in [0.1, 0.15) is 69.5 Å². The van der Waals surface area contributed by atoms with Crippen LogP contribution in [0, 0.1) is 17.5 Å². The van der Waals surface area contributed by atoms with Gasteiger partial charge in [-0.15, -0.1) is 0 Å². The molecule has 1 unspecified atom stereocenters. The van der Waals surface area contributed by atoms with E-state index in [1.165, 1.54) is 70.1 Å². The molecule has 3 aliphatic rings. The van der Waals surface area contributed by atoms with Crippen LogP contribution in [-0.4, -0.2) is 184 Å². The first-order valence-corrected chi connectivity index (χ1v) is 32.3. The highest BCUT2D eigenvalue weighted by atomic mass is 32.2. The zero-order valence-electron chi connectivity index (χ0n) is 49.0. The molecule has 0 aliphatic carbocycles. The van der Waals surface area contributed by atoms with E-state index in [2.05, 4.69) is 45.5 Å². The number of alkyl halides is 6. The fourth-order valence-corrected chi connectivity index (χ4v) is 13.5. The van der Waals surface area contributed by atoms with Crippen molar-refractivity contribution >= 4 is 47.8 Å². The van der Waals surface area contributed by atoms with Gasteiger partial charge in [-0.05, 0) is 36.4 Å². The molecule has 42 heteroatoms. The molecule has 0 spiro atoms. The van der Waals surface area contributed by atoms with Crippen molar-refractivity contribution < 1.29 is 94.5 Å². The molecule has 0 fully saturated rings. The van der Waals surface area contributed by atoms with Crippen molar-refractivity contribution in [3.63, 3.8) is 0 Å². The van der Waals surface area contributed by atoms with Crippen LogP contribution in [-0.2, 0) is 103 Å². The minimum absolute atomic E-state index is 0.000711. The molecule has 510 valence electrons. The average molecular weight is 1410 g/mol. The Morgan fingerprint density at radius 2 is 0.677 bits per heavy atom. The fourth-order valence-electron chi connectivity index (χ4n) is 10.2. The van der Waals surface area contributed by atoms with Crippen LogP contribution >= 0.6 is 0 Å². The van der Waals surface area contributed by atoms with Crippen molar-refractivity contribution in [1.29, 1.82) is 0 Å². The standard InChI is InChI=1S/3C18H17F3N6O4S/c3*19-14-2-1-3-22-17(14)13(10-28)18(29)25-5-11-6-27(24-15(11)8-25)32(30,31)12-4-23-26(7-12)9-16(20)21/h3*1-4,6-7,13,16,28H,5,8-10H2/t2*13-;/m10./s1. The lowest BCUT2D eigenvalue weighted by atomic mass is 10.0. The number of halogens is 9. The molecular formula is C54H51F9N18O12S3. The Kier molecular flexibility index (Phi) is 20.3. The van der Waals surface area contributed by atoms with Gasteiger partial charge < -0.3 is 30.0 Å². The lowest BCUT2D eigenvalue weighted by molar-refractivity contribution is -0.135. The maximum Gasteiger partial charge on any atom is 0.286 e. The topological polar surface area (TPSA) is 370 Å². The molecule has 12 heterocycles. The zero-order chi connectivity index (χ0) is 69.1. The van der Waals surface area contributed by atoms with Crippen LogP contribution in [0.25, 0.3) is 0 Å². The summed E-state index contributed by atoms with van der Waals surface area (Å²) in [7, 11) is -12.5. The number of hydrogen-bond acceptors (Lipinski definition) is 21. The number of fused-ring (bicyclic) bond motifs is 3. The van der Waals surface area contributed by atoms with Gasteiger partial charge in [0.05, 0.1) is 92.2 Å². The predicted octanol–water partition coefficient (Wildman–Crippen LogP) is 2.20. The molecule has 9 aromatic rings. The van der Waals surface area contributed by atoms with Gasteiger partial charge in [-0.2, -0.15) is 68.1 Å².